The van der Waals surface area contributed by atoms with Gasteiger partial charge in [0.2, 0.25) is 0 Å². The summed E-state index contributed by atoms with van der Waals surface area (Å²) in [4.78, 5) is 4.23. The van der Waals surface area contributed by atoms with E-state index in [1.165, 1.54) is 5.57 Å². The molecule has 0 aliphatic carbocycles. The molecule has 13 heavy (non-hydrogen) atoms. The summed E-state index contributed by atoms with van der Waals surface area (Å²) >= 11 is 0. The fourth-order valence-electron chi connectivity index (χ4n) is 0.792. The van der Waals surface area contributed by atoms with Gasteiger partial charge >= 0.3 is 0 Å². The van der Waals surface area contributed by atoms with E-state index in [1.54, 1.807) is 0 Å². The van der Waals surface area contributed by atoms with E-state index < -0.39 is 0 Å². The van der Waals surface area contributed by atoms with Crippen LogP contribution >= 0.6 is 0 Å². The molecule has 0 fully saturated rings. The molecule has 0 atom stereocenters. The van der Waals surface area contributed by atoms with Crippen molar-refractivity contribution in [3.63, 3.8) is 0 Å². The molecule has 0 aromatic heterocycles. The molecule has 0 spiro atoms. The van der Waals surface area contributed by atoms with Gasteiger partial charge in [0, 0.05) is 12.3 Å². The summed E-state index contributed by atoms with van der Waals surface area (Å²) in [6, 6.07) is 0. The Labute approximate surface area is 80.0 Å². The van der Waals surface area contributed by atoms with E-state index in [-0.39, 0.29) is 0 Å². The summed E-state index contributed by atoms with van der Waals surface area (Å²) in [5.41, 5.74) is 2.21. The lowest BCUT2D eigenvalue weighted by Gasteiger charge is -1.91. The Morgan fingerprint density at radius 1 is 1.54 bits per heavy atom. The van der Waals surface area contributed by atoms with Crippen LogP contribution in [0, 0.1) is 12.8 Å². The predicted molar refractivity (Wildman–Crippen MR) is 56.5 cm³/mol. The largest absolute Gasteiger partial charge is 0.492 e. The predicted octanol–water partition coefficient (Wildman–Crippen LogP) is 2.53. The van der Waals surface area contributed by atoms with Gasteiger partial charge in [-0.2, -0.15) is 0 Å². The highest BCUT2D eigenvalue weighted by atomic mass is 16.5. The number of hydrogen-bond donors (Lipinski definition) is 0. The Balaban J connectivity index is 0.000000671. The monoisotopic (exact) mass is 177 g/mol. The maximum atomic E-state index is 5.20. The average molecular weight is 177 g/mol. The van der Waals surface area contributed by atoms with Crippen molar-refractivity contribution in [2.75, 3.05) is 6.61 Å². The van der Waals surface area contributed by atoms with Crippen LogP contribution in [0.1, 0.15) is 20.8 Å². The van der Waals surface area contributed by atoms with Crippen molar-refractivity contribution in [2.24, 2.45) is 4.99 Å². The highest BCUT2D eigenvalue weighted by Gasteiger charge is 2.05. The van der Waals surface area contributed by atoms with Crippen LogP contribution < -0.4 is 0 Å². The maximum absolute atomic E-state index is 5.20. The Bertz CT molecular complexity index is 265. The molecule has 0 aromatic rings. The summed E-state index contributed by atoms with van der Waals surface area (Å²) in [5.74, 6) is 0.950. The van der Waals surface area contributed by atoms with Gasteiger partial charge in [-0.1, -0.05) is 5.57 Å². The molecule has 0 N–H and O–H groups in total. The highest BCUT2D eigenvalue weighted by Crippen LogP contribution is 2.06. The van der Waals surface area contributed by atoms with Gasteiger partial charge in [-0.25, -0.2) is 0 Å². The Morgan fingerprint density at radius 2 is 2.15 bits per heavy atom. The smallest absolute Gasteiger partial charge is 0.130 e. The molecule has 0 amide bonds. The lowest BCUT2D eigenvalue weighted by molar-refractivity contribution is 0.275. The second-order valence-electron chi connectivity index (χ2n) is 2.87. The third-order valence-electron chi connectivity index (χ3n) is 1.31. The van der Waals surface area contributed by atoms with Crippen LogP contribution in [0.15, 0.2) is 28.6 Å². The van der Waals surface area contributed by atoms with Crippen molar-refractivity contribution in [2.45, 2.75) is 20.8 Å². The molecule has 2 nitrogen and oxygen atoms in total. The fourth-order valence-corrected chi connectivity index (χ4v) is 0.792. The minimum atomic E-state index is 0.621. The summed E-state index contributed by atoms with van der Waals surface area (Å²) in [6.45, 7) is 6.60. The van der Waals surface area contributed by atoms with Crippen molar-refractivity contribution in [1.29, 1.82) is 0 Å². The van der Waals surface area contributed by atoms with E-state index >= 15 is 0 Å². The first kappa shape index (κ1) is 11.5. The third-order valence-corrected chi connectivity index (χ3v) is 1.31. The van der Waals surface area contributed by atoms with Crippen LogP contribution in [-0.4, -0.2) is 12.3 Å². The molecular formula is C11H15NO. The molecule has 0 saturated carbocycles. The third kappa shape index (κ3) is 4.86. The lowest BCUT2D eigenvalue weighted by atomic mass is 10.3. The number of ether oxygens (including phenoxy) is 1. The van der Waals surface area contributed by atoms with Gasteiger partial charge in [-0.3, -0.25) is 4.99 Å². The Kier molecular flexibility index (Phi) is 5.38. The maximum Gasteiger partial charge on any atom is 0.130 e. The molecule has 2 heteroatoms. The molecule has 1 heterocycles. The van der Waals surface area contributed by atoms with Gasteiger partial charge in [0.25, 0.3) is 0 Å². The van der Waals surface area contributed by atoms with Crippen LogP contribution in [0.25, 0.3) is 0 Å². The number of rotatable bonds is 1. The zero-order chi connectivity index (χ0) is 10.3. The zero-order valence-electron chi connectivity index (χ0n) is 8.37. The van der Waals surface area contributed by atoms with Crippen LogP contribution in [-0.2, 0) is 4.74 Å². The molecule has 70 valence electrons. The number of nitrogens with zero attached hydrogens (tertiary/aromatic N) is 1. The first-order valence-corrected chi connectivity index (χ1v) is 4.03. The lowest BCUT2D eigenvalue weighted by Crippen LogP contribution is -1.94. The molecule has 0 unspecified atom stereocenters. The normalized spacial score (nSPS) is 16.7. The van der Waals surface area contributed by atoms with Crippen molar-refractivity contribution in [3.05, 3.63) is 23.6 Å². The quantitative estimate of drug-likeness (QED) is 0.564. The molecule has 0 bridgehead atoms. The number of allylic oxidation sites excluding steroid dienone is 2. The van der Waals surface area contributed by atoms with Crippen LogP contribution in [0.3, 0.4) is 0 Å². The number of aliphatic imine (C=N–C) groups is 1. The zero-order valence-corrected chi connectivity index (χ0v) is 8.37. The first-order valence-electron chi connectivity index (χ1n) is 4.03. The van der Waals surface area contributed by atoms with E-state index in [9.17, 15) is 0 Å². The molecule has 0 radical (unpaired) electrons. The minimum Gasteiger partial charge on any atom is -0.492 e. The van der Waals surface area contributed by atoms with E-state index in [1.807, 2.05) is 33.0 Å². The molecule has 1 aliphatic rings. The van der Waals surface area contributed by atoms with Gasteiger partial charge in [0.15, 0.2) is 0 Å². The first-order chi connectivity index (χ1) is 6.18. The van der Waals surface area contributed by atoms with Gasteiger partial charge in [-0.05, 0) is 20.8 Å². The summed E-state index contributed by atoms with van der Waals surface area (Å²) in [5, 5.41) is 0. The summed E-state index contributed by atoms with van der Waals surface area (Å²) in [6.07, 6.45) is 11.8. The molecular weight excluding hydrogens is 162 g/mol. The van der Waals surface area contributed by atoms with E-state index in [0.29, 0.717) is 6.61 Å². The van der Waals surface area contributed by atoms with Crippen molar-refractivity contribution >= 4 is 5.71 Å². The van der Waals surface area contributed by atoms with Crippen molar-refractivity contribution in [3.8, 4) is 12.8 Å². The summed E-state index contributed by atoms with van der Waals surface area (Å²) in [7, 11) is 0. The van der Waals surface area contributed by atoms with Gasteiger partial charge in [0.1, 0.15) is 6.61 Å². The van der Waals surface area contributed by atoms with E-state index in [2.05, 4.69) is 17.8 Å². The molecule has 1 rings (SSSR count). The second-order valence-corrected chi connectivity index (χ2v) is 2.87. The van der Waals surface area contributed by atoms with Crippen molar-refractivity contribution in [1.82, 2.24) is 0 Å². The standard InChI is InChI=1S/C9H13NO.C2H2/c1-7(2)5-10-9-4-8(3)11-6-9;1-2/h4-5H,6H2,1-3H3;1-2H. The van der Waals surface area contributed by atoms with E-state index in [4.69, 9.17) is 4.74 Å². The molecule has 0 aromatic carbocycles. The van der Waals surface area contributed by atoms with Crippen LogP contribution in [0.2, 0.25) is 0 Å². The van der Waals surface area contributed by atoms with Gasteiger partial charge in [-0.15, -0.1) is 12.8 Å². The topological polar surface area (TPSA) is 21.6 Å². The van der Waals surface area contributed by atoms with Gasteiger partial charge in [0.05, 0.1) is 11.5 Å². The summed E-state index contributed by atoms with van der Waals surface area (Å²) < 4.78 is 5.20. The minimum absolute atomic E-state index is 0.621. The SMILES string of the molecule is C#C.CC(C)=CN=C1C=C(C)OC1. The molecule has 1 aliphatic heterocycles. The number of hydrogen-bond acceptors (Lipinski definition) is 2. The van der Waals surface area contributed by atoms with Crippen LogP contribution in [0.4, 0.5) is 0 Å². The molecule has 0 saturated heterocycles. The second kappa shape index (κ2) is 6.07. The van der Waals surface area contributed by atoms with Gasteiger partial charge < -0.3 is 4.74 Å². The van der Waals surface area contributed by atoms with Crippen molar-refractivity contribution < 1.29 is 4.74 Å². The Morgan fingerprint density at radius 3 is 2.54 bits per heavy atom. The fraction of sp³-hybridized carbons (Fsp3) is 0.364. The highest BCUT2D eigenvalue weighted by molar-refractivity contribution is 5.98. The Hall–Kier alpha value is -1.49. The average Bonchev–Trinajstić information content (AvgIpc) is 2.52. The van der Waals surface area contributed by atoms with Crippen LogP contribution in [0.5, 0.6) is 0 Å². The number of terminal acetylenes is 1. The van der Waals surface area contributed by atoms with E-state index in [0.717, 1.165) is 11.5 Å².